The Morgan fingerprint density at radius 3 is 2.46 bits per heavy atom. The topological polar surface area (TPSA) is 98.0 Å². The van der Waals surface area contributed by atoms with Crippen LogP contribution in [0, 0.1) is 0 Å². The third-order valence-electron chi connectivity index (χ3n) is 3.67. The number of hydrogen-bond donors (Lipinski definition) is 2. The standard InChI is InChI=1S/C18H16N4O2/c19-16(23)11-14(12-6-2-1-3-7-12)18(24)20-17-10-13-8-4-5-9-15(13)21-22-17/h1-10,14H,11H2,(H2,19,23)(H,20,22,24)/t14-/m1/s1. The van der Waals surface area contributed by atoms with E-state index in [1.165, 1.54) is 0 Å². The van der Waals surface area contributed by atoms with E-state index in [0.717, 1.165) is 16.5 Å². The average molecular weight is 320 g/mol. The molecule has 24 heavy (non-hydrogen) atoms. The number of anilines is 1. The number of carbonyl (C=O) groups excluding carboxylic acids is 2. The van der Waals surface area contributed by atoms with E-state index >= 15 is 0 Å². The van der Waals surface area contributed by atoms with Gasteiger partial charge in [-0.25, -0.2) is 0 Å². The highest BCUT2D eigenvalue weighted by Crippen LogP contribution is 2.22. The summed E-state index contributed by atoms with van der Waals surface area (Å²) in [5, 5.41) is 11.7. The van der Waals surface area contributed by atoms with Gasteiger partial charge >= 0.3 is 0 Å². The van der Waals surface area contributed by atoms with Gasteiger partial charge in [0.1, 0.15) is 0 Å². The summed E-state index contributed by atoms with van der Waals surface area (Å²) in [6, 6.07) is 18.3. The number of benzene rings is 2. The molecule has 6 nitrogen and oxygen atoms in total. The molecule has 0 aliphatic heterocycles. The van der Waals surface area contributed by atoms with Crippen molar-refractivity contribution in [2.45, 2.75) is 12.3 Å². The first-order chi connectivity index (χ1) is 11.6. The van der Waals surface area contributed by atoms with E-state index in [1.54, 1.807) is 18.2 Å². The van der Waals surface area contributed by atoms with E-state index in [1.807, 2.05) is 42.5 Å². The first-order valence-corrected chi connectivity index (χ1v) is 7.50. The van der Waals surface area contributed by atoms with Gasteiger partial charge in [-0.15, -0.1) is 10.2 Å². The smallest absolute Gasteiger partial charge is 0.233 e. The highest BCUT2D eigenvalue weighted by molar-refractivity contribution is 5.98. The van der Waals surface area contributed by atoms with E-state index in [0.29, 0.717) is 5.82 Å². The molecule has 0 saturated carbocycles. The lowest BCUT2D eigenvalue weighted by Crippen LogP contribution is -2.26. The molecular weight excluding hydrogens is 304 g/mol. The van der Waals surface area contributed by atoms with E-state index in [2.05, 4.69) is 15.5 Å². The van der Waals surface area contributed by atoms with Crippen molar-refractivity contribution < 1.29 is 9.59 Å². The van der Waals surface area contributed by atoms with Crippen LogP contribution in [-0.2, 0) is 9.59 Å². The van der Waals surface area contributed by atoms with Gasteiger partial charge in [-0.3, -0.25) is 9.59 Å². The molecule has 0 aliphatic carbocycles. The molecule has 0 aliphatic rings. The van der Waals surface area contributed by atoms with Crippen molar-refractivity contribution >= 4 is 28.5 Å². The molecule has 1 heterocycles. The lowest BCUT2D eigenvalue weighted by Gasteiger charge is -2.15. The summed E-state index contributed by atoms with van der Waals surface area (Å²) >= 11 is 0. The highest BCUT2D eigenvalue weighted by Gasteiger charge is 2.23. The molecule has 2 amide bonds. The maximum atomic E-state index is 12.6. The summed E-state index contributed by atoms with van der Waals surface area (Å²) < 4.78 is 0. The number of aromatic nitrogens is 2. The minimum Gasteiger partial charge on any atom is -0.370 e. The van der Waals surface area contributed by atoms with Gasteiger partial charge in [0.25, 0.3) is 0 Å². The lowest BCUT2D eigenvalue weighted by atomic mass is 9.94. The van der Waals surface area contributed by atoms with Gasteiger partial charge in [0.15, 0.2) is 5.82 Å². The fraction of sp³-hybridized carbons (Fsp3) is 0.111. The van der Waals surface area contributed by atoms with Crippen molar-refractivity contribution in [3.8, 4) is 0 Å². The SMILES string of the molecule is NC(=O)C[C@@H](C(=O)Nc1cc2ccccc2nn1)c1ccccc1. The van der Waals surface area contributed by atoms with Crippen molar-refractivity contribution in [2.24, 2.45) is 5.73 Å². The van der Waals surface area contributed by atoms with Crippen molar-refractivity contribution in [2.75, 3.05) is 5.32 Å². The fourth-order valence-electron chi connectivity index (χ4n) is 2.51. The van der Waals surface area contributed by atoms with E-state index in [-0.39, 0.29) is 12.3 Å². The molecule has 0 spiro atoms. The molecule has 1 aromatic heterocycles. The fourth-order valence-corrected chi connectivity index (χ4v) is 2.51. The van der Waals surface area contributed by atoms with Crippen LogP contribution in [0.4, 0.5) is 5.82 Å². The molecule has 0 bridgehead atoms. The Balaban J connectivity index is 1.85. The number of hydrogen-bond acceptors (Lipinski definition) is 4. The van der Waals surface area contributed by atoms with Gasteiger partial charge in [0.2, 0.25) is 11.8 Å². The van der Waals surface area contributed by atoms with Crippen LogP contribution in [0.3, 0.4) is 0 Å². The van der Waals surface area contributed by atoms with E-state index in [9.17, 15) is 9.59 Å². The van der Waals surface area contributed by atoms with Crippen LogP contribution < -0.4 is 11.1 Å². The number of primary amides is 1. The molecule has 0 radical (unpaired) electrons. The third-order valence-corrected chi connectivity index (χ3v) is 3.67. The maximum absolute atomic E-state index is 12.6. The Kier molecular flexibility index (Phi) is 4.47. The van der Waals surface area contributed by atoms with Gasteiger partial charge < -0.3 is 11.1 Å². The normalized spacial score (nSPS) is 11.8. The Morgan fingerprint density at radius 1 is 1.00 bits per heavy atom. The first-order valence-electron chi connectivity index (χ1n) is 7.50. The van der Waals surface area contributed by atoms with E-state index in [4.69, 9.17) is 5.73 Å². The molecule has 0 saturated heterocycles. The van der Waals surface area contributed by atoms with Crippen LogP contribution in [0.25, 0.3) is 10.9 Å². The number of nitrogens with one attached hydrogen (secondary N) is 1. The third kappa shape index (κ3) is 3.55. The minimum absolute atomic E-state index is 0.0726. The van der Waals surface area contributed by atoms with Crippen LogP contribution in [0.1, 0.15) is 17.9 Å². The van der Waals surface area contributed by atoms with Crippen molar-refractivity contribution in [1.29, 1.82) is 0 Å². The molecule has 120 valence electrons. The largest absolute Gasteiger partial charge is 0.370 e. The van der Waals surface area contributed by atoms with Crippen LogP contribution in [0.5, 0.6) is 0 Å². The Bertz CT molecular complexity index is 880. The van der Waals surface area contributed by atoms with Crippen molar-refractivity contribution in [1.82, 2.24) is 10.2 Å². The quantitative estimate of drug-likeness (QED) is 0.753. The Hall–Kier alpha value is -3.28. The van der Waals surface area contributed by atoms with Crippen LogP contribution >= 0.6 is 0 Å². The van der Waals surface area contributed by atoms with Crippen LogP contribution in [0.2, 0.25) is 0 Å². The predicted molar refractivity (Wildman–Crippen MR) is 91.2 cm³/mol. The lowest BCUT2D eigenvalue weighted by molar-refractivity contribution is -0.123. The monoisotopic (exact) mass is 320 g/mol. The van der Waals surface area contributed by atoms with Crippen molar-refractivity contribution in [3.05, 3.63) is 66.2 Å². The van der Waals surface area contributed by atoms with Gasteiger partial charge in [0, 0.05) is 11.8 Å². The summed E-state index contributed by atoms with van der Waals surface area (Å²) in [7, 11) is 0. The number of amides is 2. The number of nitrogens with two attached hydrogens (primary N) is 1. The van der Waals surface area contributed by atoms with Crippen LogP contribution in [-0.4, -0.2) is 22.0 Å². The van der Waals surface area contributed by atoms with Crippen LogP contribution in [0.15, 0.2) is 60.7 Å². The minimum atomic E-state index is -0.669. The molecule has 0 unspecified atom stereocenters. The number of rotatable bonds is 5. The molecule has 0 fully saturated rings. The predicted octanol–water partition coefficient (Wildman–Crippen LogP) is 2.23. The Labute approximate surface area is 138 Å². The second-order valence-electron chi connectivity index (χ2n) is 5.41. The van der Waals surface area contributed by atoms with Gasteiger partial charge in [-0.2, -0.15) is 0 Å². The zero-order chi connectivity index (χ0) is 16.9. The number of nitrogens with zero attached hydrogens (tertiary/aromatic N) is 2. The molecular formula is C18H16N4O2. The summed E-state index contributed by atoms with van der Waals surface area (Å²) in [4.78, 5) is 23.9. The Morgan fingerprint density at radius 2 is 1.71 bits per heavy atom. The van der Waals surface area contributed by atoms with E-state index < -0.39 is 11.8 Å². The summed E-state index contributed by atoms with van der Waals surface area (Å²) in [6.07, 6.45) is -0.0726. The number of carbonyl (C=O) groups is 2. The summed E-state index contributed by atoms with van der Waals surface area (Å²) in [5.74, 6) is -1.21. The second-order valence-corrected chi connectivity index (χ2v) is 5.41. The van der Waals surface area contributed by atoms with Gasteiger partial charge in [-0.05, 0) is 17.7 Å². The van der Waals surface area contributed by atoms with Crippen molar-refractivity contribution in [3.63, 3.8) is 0 Å². The second kappa shape index (κ2) is 6.87. The summed E-state index contributed by atoms with van der Waals surface area (Å²) in [5.41, 5.74) is 6.76. The number of fused-ring (bicyclic) bond motifs is 1. The maximum Gasteiger partial charge on any atom is 0.233 e. The molecule has 3 aromatic rings. The zero-order valence-electron chi connectivity index (χ0n) is 12.8. The van der Waals surface area contributed by atoms with Gasteiger partial charge in [-0.1, -0.05) is 48.5 Å². The van der Waals surface area contributed by atoms with Gasteiger partial charge in [0.05, 0.1) is 11.4 Å². The first kappa shape index (κ1) is 15.6. The zero-order valence-corrected chi connectivity index (χ0v) is 12.8. The molecule has 6 heteroatoms. The average Bonchev–Trinajstić information content (AvgIpc) is 2.60. The molecule has 1 atom stereocenters. The summed E-state index contributed by atoms with van der Waals surface area (Å²) in [6.45, 7) is 0. The molecule has 3 N–H and O–H groups in total. The molecule has 3 rings (SSSR count). The highest BCUT2D eigenvalue weighted by atomic mass is 16.2. The molecule has 2 aromatic carbocycles.